The molecule has 1 atom stereocenters. The number of rotatable bonds is 5. The summed E-state index contributed by atoms with van der Waals surface area (Å²) < 4.78 is 5.92. The second-order valence-electron chi connectivity index (χ2n) is 4.39. The van der Waals surface area contributed by atoms with Gasteiger partial charge in [-0.3, -0.25) is 0 Å². The summed E-state index contributed by atoms with van der Waals surface area (Å²) in [4.78, 5) is 4.31. The lowest BCUT2D eigenvalue weighted by molar-refractivity contribution is -0.349. The molecule has 0 saturated heterocycles. The first-order valence-electron chi connectivity index (χ1n) is 6.16. The van der Waals surface area contributed by atoms with E-state index in [1.807, 2.05) is 19.1 Å². The molecule has 1 aromatic heterocycles. The molecule has 1 aromatic carbocycles. The molecule has 0 saturated carbocycles. The smallest absolute Gasteiger partial charge is 0.215 e. The third-order valence-electron chi connectivity index (χ3n) is 2.93. The molecule has 100 valence electrons. The largest absolute Gasteiger partial charge is 0.619 e. The Morgan fingerprint density at radius 2 is 2.11 bits per heavy atom. The summed E-state index contributed by atoms with van der Waals surface area (Å²) in [5.74, 6) is 0.545. The van der Waals surface area contributed by atoms with Crippen LogP contribution < -0.4 is 5.73 Å². The van der Waals surface area contributed by atoms with Crippen molar-refractivity contribution in [1.29, 1.82) is 0 Å². The fourth-order valence-corrected chi connectivity index (χ4v) is 1.79. The maximum atomic E-state index is 11.0. The second kappa shape index (κ2) is 5.67. The minimum Gasteiger partial charge on any atom is -0.619 e. The molecule has 0 spiro atoms. The van der Waals surface area contributed by atoms with Crippen molar-refractivity contribution < 1.29 is 9.16 Å². The Kier molecular flexibility index (Phi) is 3.97. The third-order valence-corrected chi connectivity index (χ3v) is 2.93. The summed E-state index contributed by atoms with van der Waals surface area (Å²) in [6.45, 7) is 5.30. The fraction of sp³-hybridized carbons (Fsp3) is 0.286. The van der Waals surface area contributed by atoms with Gasteiger partial charge in [0.2, 0.25) is 11.6 Å². The van der Waals surface area contributed by atoms with E-state index in [0.717, 1.165) is 17.7 Å². The molecular formula is C14H17N3O2. The van der Waals surface area contributed by atoms with Gasteiger partial charge in [-0.2, -0.15) is 4.74 Å². The molecule has 2 aromatic rings. The maximum Gasteiger partial charge on any atom is 0.215 e. The van der Waals surface area contributed by atoms with Crippen molar-refractivity contribution in [3.8, 4) is 0 Å². The van der Waals surface area contributed by atoms with Crippen LogP contribution in [0, 0.1) is 5.21 Å². The quantitative estimate of drug-likeness (QED) is 0.387. The van der Waals surface area contributed by atoms with Crippen LogP contribution in [-0.2, 0) is 12.8 Å². The molecule has 0 aliphatic heterocycles. The summed E-state index contributed by atoms with van der Waals surface area (Å²) in [6, 6.07) is 6.86. The van der Waals surface area contributed by atoms with E-state index >= 15 is 0 Å². The Morgan fingerprint density at radius 3 is 2.63 bits per heavy atom. The Hall–Kier alpha value is -2.14. The molecule has 0 radical (unpaired) electrons. The van der Waals surface area contributed by atoms with Gasteiger partial charge in [0.15, 0.2) is 0 Å². The van der Waals surface area contributed by atoms with Gasteiger partial charge in [-0.05, 0) is 18.4 Å². The van der Waals surface area contributed by atoms with E-state index in [1.54, 1.807) is 18.4 Å². The van der Waals surface area contributed by atoms with Crippen LogP contribution in [0.4, 0.5) is 5.69 Å². The molecule has 1 heterocycles. The van der Waals surface area contributed by atoms with Crippen LogP contribution in [0.2, 0.25) is 0 Å². The predicted molar refractivity (Wildman–Crippen MR) is 73.4 cm³/mol. The summed E-state index contributed by atoms with van der Waals surface area (Å²) in [7, 11) is 0. The first-order valence-corrected chi connectivity index (χ1v) is 6.16. The van der Waals surface area contributed by atoms with E-state index in [0.29, 0.717) is 22.7 Å². The highest BCUT2D eigenvalue weighted by Gasteiger charge is 2.13. The topological polar surface area (TPSA) is 78.1 Å². The average molecular weight is 259 g/mol. The molecule has 0 aliphatic carbocycles. The number of nitrogens with two attached hydrogens (primary N) is 1. The monoisotopic (exact) mass is 259 g/mol. The van der Waals surface area contributed by atoms with Crippen LogP contribution in [0.25, 0.3) is 0 Å². The van der Waals surface area contributed by atoms with Crippen molar-refractivity contribution in [2.75, 3.05) is 0 Å². The number of oxazole rings is 1. The second-order valence-corrected chi connectivity index (χ2v) is 4.39. The van der Waals surface area contributed by atoms with Crippen LogP contribution >= 0.6 is 0 Å². The van der Waals surface area contributed by atoms with Gasteiger partial charge in [0.05, 0.1) is 11.7 Å². The van der Waals surface area contributed by atoms with E-state index in [1.165, 1.54) is 0 Å². The third kappa shape index (κ3) is 3.20. The summed E-state index contributed by atoms with van der Waals surface area (Å²) in [6.07, 6.45) is 3.07. The molecule has 5 heteroatoms. The average Bonchev–Trinajstić information content (AvgIpc) is 2.88. The Labute approximate surface area is 112 Å². The number of benzene rings is 1. The van der Waals surface area contributed by atoms with Gasteiger partial charge in [0.25, 0.3) is 0 Å². The minimum absolute atomic E-state index is 0.283. The van der Waals surface area contributed by atoms with E-state index in [-0.39, 0.29) is 6.04 Å². The van der Waals surface area contributed by atoms with Gasteiger partial charge >= 0.3 is 0 Å². The standard InChI is InChI=1S/C14H17N3O2/c1-3-11-9-19-14(16-11)13(15)8-10-4-6-12(7-5-10)17(2)18/h4-7,9,13H,2-3,8,15H2,1H3/t13-/m0/s1. The fourth-order valence-electron chi connectivity index (χ4n) is 1.79. The highest BCUT2D eigenvalue weighted by atomic mass is 16.5. The van der Waals surface area contributed by atoms with E-state index in [9.17, 15) is 5.21 Å². The number of aryl methyl sites for hydroxylation is 1. The number of nitrogens with zero attached hydrogens (tertiary/aromatic N) is 2. The van der Waals surface area contributed by atoms with Crippen LogP contribution in [0.3, 0.4) is 0 Å². The van der Waals surface area contributed by atoms with Crippen LogP contribution in [-0.4, -0.2) is 16.4 Å². The van der Waals surface area contributed by atoms with E-state index in [2.05, 4.69) is 11.7 Å². The van der Waals surface area contributed by atoms with Crippen LogP contribution in [0.15, 0.2) is 34.9 Å². The molecule has 2 rings (SSSR count). The predicted octanol–water partition coefficient (Wildman–Crippen LogP) is 2.32. The SMILES string of the molecule is C=[N+]([O-])c1ccc(C[C@H](N)c2nc(CC)co2)cc1. The maximum absolute atomic E-state index is 11.0. The summed E-state index contributed by atoms with van der Waals surface area (Å²) >= 11 is 0. The zero-order chi connectivity index (χ0) is 13.8. The minimum atomic E-state index is -0.283. The summed E-state index contributed by atoms with van der Waals surface area (Å²) in [5.41, 5.74) is 8.49. The van der Waals surface area contributed by atoms with Gasteiger partial charge in [-0.25, -0.2) is 4.98 Å². The van der Waals surface area contributed by atoms with Crippen molar-refractivity contribution in [3.05, 3.63) is 52.9 Å². The van der Waals surface area contributed by atoms with Crippen molar-refractivity contribution in [2.45, 2.75) is 25.8 Å². The lowest BCUT2D eigenvalue weighted by atomic mass is 10.1. The highest BCUT2D eigenvalue weighted by Crippen LogP contribution is 2.18. The zero-order valence-electron chi connectivity index (χ0n) is 10.9. The Bertz CT molecular complexity index is 560. The Balaban J connectivity index is 2.05. The van der Waals surface area contributed by atoms with E-state index in [4.69, 9.17) is 10.2 Å². The van der Waals surface area contributed by atoms with Crippen molar-refractivity contribution in [1.82, 2.24) is 4.98 Å². The van der Waals surface area contributed by atoms with Gasteiger partial charge in [0.1, 0.15) is 13.0 Å². The van der Waals surface area contributed by atoms with Crippen LogP contribution in [0.5, 0.6) is 0 Å². The molecule has 2 N–H and O–H groups in total. The van der Waals surface area contributed by atoms with Gasteiger partial charge in [0, 0.05) is 12.1 Å². The van der Waals surface area contributed by atoms with Crippen LogP contribution in [0.1, 0.15) is 30.1 Å². The number of aromatic nitrogens is 1. The van der Waals surface area contributed by atoms with Gasteiger partial charge in [-0.1, -0.05) is 19.1 Å². The van der Waals surface area contributed by atoms with Crippen molar-refractivity contribution in [3.63, 3.8) is 0 Å². The molecule has 0 unspecified atom stereocenters. The number of hydrogen-bond acceptors (Lipinski definition) is 4. The van der Waals surface area contributed by atoms with E-state index < -0.39 is 0 Å². The zero-order valence-corrected chi connectivity index (χ0v) is 10.9. The molecule has 0 amide bonds. The highest BCUT2D eigenvalue weighted by molar-refractivity contribution is 5.36. The van der Waals surface area contributed by atoms with Crippen molar-refractivity contribution in [2.24, 2.45) is 5.73 Å². The van der Waals surface area contributed by atoms with Gasteiger partial charge in [-0.15, -0.1) is 0 Å². The summed E-state index contributed by atoms with van der Waals surface area (Å²) in [5, 5.41) is 11.0. The lowest BCUT2D eigenvalue weighted by Gasteiger charge is -2.08. The molecule has 0 bridgehead atoms. The molecule has 5 nitrogen and oxygen atoms in total. The molecule has 0 aliphatic rings. The van der Waals surface area contributed by atoms with Gasteiger partial charge < -0.3 is 15.4 Å². The molecule has 0 fully saturated rings. The molecule has 19 heavy (non-hydrogen) atoms. The van der Waals surface area contributed by atoms with Crippen molar-refractivity contribution >= 4 is 12.4 Å². The number of hydrogen-bond donors (Lipinski definition) is 1. The Morgan fingerprint density at radius 1 is 1.42 bits per heavy atom. The molecular weight excluding hydrogens is 242 g/mol. The first-order chi connectivity index (χ1) is 9.10. The first kappa shape index (κ1) is 13.3. The normalized spacial score (nSPS) is 12.3. The lowest BCUT2D eigenvalue weighted by Crippen LogP contribution is -2.13.